The van der Waals surface area contributed by atoms with Gasteiger partial charge in [-0.3, -0.25) is 0 Å². The Kier molecular flexibility index (Phi) is 3.84. The number of aromatic nitrogens is 1. The molecule has 20 heavy (non-hydrogen) atoms. The van der Waals surface area contributed by atoms with Gasteiger partial charge in [-0.1, -0.05) is 23.8 Å². The molecule has 0 aliphatic carbocycles. The van der Waals surface area contributed by atoms with Crippen molar-refractivity contribution in [2.75, 3.05) is 12.3 Å². The van der Waals surface area contributed by atoms with Crippen LogP contribution in [0.25, 0.3) is 11.3 Å². The molecule has 1 aromatic heterocycles. The number of esters is 1. The van der Waals surface area contributed by atoms with Crippen molar-refractivity contribution in [1.82, 2.24) is 4.57 Å². The SMILES string of the molecule is CCOC(=O)c1c(N)c(-c2cccc(C)c2)n(C)c1C. The molecular formula is C16H20N2O2. The highest BCUT2D eigenvalue weighted by Crippen LogP contribution is 2.33. The van der Waals surface area contributed by atoms with Gasteiger partial charge in [0.25, 0.3) is 0 Å². The molecular weight excluding hydrogens is 252 g/mol. The molecule has 4 heteroatoms. The van der Waals surface area contributed by atoms with Crippen LogP contribution in [0.15, 0.2) is 24.3 Å². The molecule has 4 nitrogen and oxygen atoms in total. The highest BCUT2D eigenvalue weighted by Gasteiger charge is 2.23. The topological polar surface area (TPSA) is 57.2 Å². The molecule has 0 amide bonds. The minimum Gasteiger partial charge on any atom is -0.462 e. The van der Waals surface area contributed by atoms with Gasteiger partial charge in [0.2, 0.25) is 0 Å². The summed E-state index contributed by atoms with van der Waals surface area (Å²) >= 11 is 0. The molecule has 106 valence electrons. The number of nitrogens with zero attached hydrogens (tertiary/aromatic N) is 1. The van der Waals surface area contributed by atoms with E-state index in [0.717, 1.165) is 22.5 Å². The Bertz CT molecular complexity index is 657. The summed E-state index contributed by atoms with van der Waals surface area (Å²) < 4.78 is 7.03. The van der Waals surface area contributed by atoms with E-state index in [1.807, 2.05) is 43.7 Å². The first-order valence-electron chi connectivity index (χ1n) is 6.66. The molecule has 1 aromatic carbocycles. The molecule has 0 bridgehead atoms. The lowest BCUT2D eigenvalue weighted by atomic mass is 10.1. The Labute approximate surface area is 119 Å². The molecule has 2 aromatic rings. The molecule has 0 aliphatic rings. The lowest BCUT2D eigenvalue weighted by Crippen LogP contribution is -2.08. The molecule has 0 atom stereocenters. The zero-order chi connectivity index (χ0) is 14.9. The van der Waals surface area contributed by atoms with Crippen LogP contribution < -0.4 is 5.73 Å². The summed E-state index contributed by atoms with van der Waals surface area (Å²) in [6.07, 6.45) is 0. The number of carbonyl (C=O) groups excluding carboxylic acids is 1. The van der Waals surface area contributed by atoms with Crippen LogP contribution in [-0.4, -0.2) is 17.1 Å². The van der Waals surface area contributed by atoms with Crippen molar-refractivity contribution in [3.63, 3.8) is 0 Å². The molecule has 0 saturated carbocycles. The smallest absolute Gasteiger partial charge is 0.342 e. The second-order valence-electron chi connectivity index (χ2n) is 4.87. The molecule has 2 N–H and O–H groups in total. The number of nitrogen functional groups attached to an aromatic ring is 1. The zero-order valence-corrected chi connectivity index (χ0v) is 12.4. The number of nitrogens with two attached hydrogens (primary N) is 1. The van der Waals surface area contributed by atoms with Gasteiger partial charge in [0.15, 0.2) is 0 Å². The van der Waals surface area contributed by atoms with E-state index >= 15 is 0 Å². The van der Waals surface area contributed by atoms with Crippen LogP contribution in [0, 0.1) is 13.8 Å². The standard InChI is InChI=1S/C16H20N2O2/c1-5-20-16(19)13-11(3)18(4)15(14(13)17)12-8-6-7-10(2)9-12/h6-9H,5,17H2,1-4H3. The molecule has 1 heterocycles. The Morgan fingerprint density at radius 1 is 1.35 bits per heavy atom. The van der Waals surface area contributed by atoms with Crippen molar-refractivity contribution in [3.05, 3.63) is 41.1 Å². The van der Waals surface area contributed by atoms with Gasteiger partial charge in [0.05, 0.1) is 18.0 Å². The van der Waals surface area contributed by atoms with Crippen molar-refractivity contribution in [2.45, 2.75) is 20.8 Å². The third kappa shape index (κ3) is 2.29. The van der Waals surface area contributed by atoms with Crippen LogP contribution in [0.2, 0.25) is 0 Å². The number of anilines is 1. The fourth-order valence-electron chi connectivity index (χ4n) is 2.43. The van der Waals surface area contributed by atoms with E-state index in [2.05, 4.69) is 6.07 Å². The molecule has 0 saturated heterocycles. The molecule has 0 unspecified atom stereocenters. The fourth-order valence-corrected chi connectivity index (χ4v) is 2.43. The predicted octanol–water partition coefficient (Wildman–Crippen LogP) is 3.07. The Morgan fingerprint density at radius 3 is 2.65 bits per heavy atom. The van der Waals surface area contributed by atoms with Crippen molar-refractivity contribution < 1.29 is 9.53 Å². The third-order valence-electron chi connectivity index (χ3n) is 3.50. The monoisotopic (exact) mass is 272 g/mol. The second-order valence-corrected chi connectivity index (χ2v) is 4.87. The van der Waals surface area contributed by atoms with Crippen LogP contribution in [0.1, 0.15) is 28.5 Å². The van der Waals surface area contributed by atoms with E-state index in [-0.39, 0.29) is 5.97 Å². The van der Waals surface area contributed by atoms with Crippen molar-refractivity contribution in [2.24, 2.45) is 7.05 Å². The zero-order valence-electron chi connectivity index (χ0n) is 12.4. The average Bonchev–Trinajstić information content (AvgIpc) is 2.60. The van der Waals surface area contributed by atoms with E-state index in [1.54, 1.807) is 6.92 Å². The normalized spacial score (nSPS) is 10.6. The van der Waals surface area contributed by atoms with E-state index in [4.69, 9.17) is 10.5 Å². The second kappa shape index (κ2) is 5.41. The van der Waals surface area contributed by atoms with Crippen molar-refractivity contribution in [1.29, 1.82) is 0 Å². The number of carbonyl (C=O) groups is 1. The molecule has 0 radical (unpaired) electrons. The number of aryl methyl sites for hydroxylation is 1. The Balaban J connectivity index is 2.61. The maximum Gasteiger partial charge on any atom is 0.342 e. The number of rotatable bonds is 3. The predicted molar refractivity (Wildman–Crippen MR) is 80.7 cm³/mol. The van der Waals surface area contributed by atoms with Crippen molar-refractivity contribution >= 4 is 11.7 Å². The molecule has 0 aliphatic heterocycles. The number of ether oxygens (including phenoxy) is 1. The Morgan fingerprint density at radius 2 is 2.05 bits per heavy atom. The highest BCUT2D eigenvalue weighted by atomic mass is 16.5. The van der Waals surface area contributed by atoms with E-state index in [9.17, 15) is 4.79 Å². The van der Waals surface area contributed by atoms with Gasteiger partial charge < -0.3 is 15.0 Å². The number of benzene rings is 1. The molecule has 0 spiro atoms. The maximum absolute atomic E-state index is 12.0. The van der Waals surface area contributed by atoms with Gasteiger partial charge in [-0.05, 0) is 26.8 Å². The summed E-state index contributed by atoms with van der Waals surface area (Å²) in [5, 5.41) is 0. The maximum atomic E-state index is 12.0. The third-order valence-corrected chi connectivity index (χ3v) is 3.50. The van der Waals surface area contributed by atoms with Gasteiger partial charge in [0.1, 0.15) is 5.56 Å². The summed E-state index contributed by atoms with van der Waals surface area (Å²) in [5.41, 5.74) is 11.0. The van der Waals surface area contributed by atoms with Crippen LogP contribution in [0.4, 0.5) is 5.69 Å². The van der Waals surface area contributed by atoms with Gasteiger partial charge >= 0.3 is 5.97 Å². The summed E-state index contributed by atoms with van der Waals surface area (Å²) in [7, 11) is 1.91. The van der Waals surface area contributed by atoms with Crippen molar-refractivity contribution in [3.8, 4) is 11.3 Å². The summed E-state index contributed by atoms with van der Waals surface area (Å²) in [6.45, 7) is 6.03. The first kappa shape index (κ1) is 14.2. The molecule has 2 rings (SSSR count). The summed E-state index contributed by atoms with van der Waals surface area (Å²) in [4.78, 5) is 12.0. The summed E-state index contributed by atoms with van der Waals surface area (Å²) in [6, 6.07) is 8.06. The first-order valence-corrected chi connectivity index (χ1v) is 6.66. The number of hydrogen-bond donors (Lipinski definition) is 1. The lowest BCUT2D eigenvalue weighted by molar-refractivity contribution is 0.0526. The minimum absolute atomic E-state index is 0.340. The van der Waals surface area contributed by atoms with Crippen LogP contribution >= 0.6 is 0 Å². The first-order chi connectivity index (χ1) is 9.47. The van der Waals surface area contributed by atoms with Crippen LogP contribution in [-0.2, 0) is 11.8 Å². The largest absolute Gasteiger partial charge is 0.462 e. The van der Waals surface area contributed by atoms with Gasteiger partial charge in [0, 0.05) is 18.3 Å². The van der Waals surface area contributed by atoms with Crippen LogP contribution in [0.5, 0.6) is 0 Å². The van der Waals surface area contributed by atoms with Gasteiger partial charge in [-0.15, -0.1) is 0 Å². The Hall–Kier alpha value is -2.23. The average molecular weight is 272 g/mol. The van der Waals surface area contributed by atoms with E-state index < -0.39 is 0 Å². The van der Waals surface area contributed by atoms with E-state index in [1.165, 1.54) is 0 Å². The summed E-state index contributed by atoms with van der Waals surface area (Å²) in [5.74, 6) is -0.364. The van der Waals surface area contributed by atoms with Crippen LogP contribution in [0.3, 0.4) is 0 Å². The highest BCUT2D eigenvalue weighted by molar-refractivity contribution is 6.01. The number of hydrogen-bond acceptors (Lipinski definition) is 3. The quantitative estimate of drug-likeness (QED) is 0.874. The van der Waals surface area contributed by atoms with Gasteiger partial charge in [-0.25, -0.2) is 4.79 Å². The molecule has 0 fully saturated rings. The lowest BCUT2D eigenvalue weighted by Gasteiger charge is -2.07. The van der Waals surface area contributed by atoms with E-state index in [0.29, 0.717) is 17.9 Å². The fraction of sp³-hybridized carbons (Fsp3) is 0.312. The van der Waals surface area contributed by atoms with Gasteiger partial charge in [-0.2, -0.15) is 0 Å². The minimum atomic E-state index is -0.364.